The molecule has 3 atom stereocenters. The fourth-order valence-electron chi connectivity index (χ4n) is 3.15. The smallest absolute Gasteiger partial charge is 0.241 e. The van der Waals surface area contributed by atoms with Crippen LogP contribution in [0, 0.1) is 6.92 Å². The molecule has 2 saturated heterocycles. The second-order valence-electron chi connectivity index (χ2n) is 6.10. The zero-order valence-corrected chi connectivity index (χ0v) is 12.6. The normalized spacial score (nSPS) is 26.6. The first kappa shape index (κ1) is 14.4. The monoisotopic (exact) mass is 289 g/mol. The average molecular weight is 289 g/mol. The van der Waals surface area contributed by atoms with Crippen molar-refractivity contribution in [3.05, 3.63) is 23.8 Å². The number of hydrogen-bond acceptors (Lipinski definition) is 4. The number of nitrogens with two attached hydrogens (primary N) is 1. The third kappa shape index (κ3) is 2.89. The predicted octanol–water partition coefficient (Wildman–Crippen LogP) is 1.77. The van der Waals surface area contributed by atoms with Gasteiger partial charge in [0.1, 0.15) is 0 Å². The van der Waals surface area contributed by atoms with E-state index in [2.05, 4.69) is 10.2 Å². The molecule has 2 bridgehead atoms. The molecule has 5 nitrogen and oxygen atoms in total. The predicted molar refractivity (Wildman–Crippen MR) is 83.2 cm³/mol. The van der Waals surface area contributed by atoms with Gasteiger partial charge in [0.2, 0.25) is 5.91 Å². The van der Waals surface area contributed by atoms with E-state index < -0.39 is 0 Å². The third-order valence-electron chi connectivity index (χ3n) is 4.63. The van der Waals surface area contributed by atoms with E-state index in [0.29, 0.717) is 17.9 Å². The van der Waals surface area contributed by atoms with E-state index in [9.17, 15) is 4.79 Å². The molecule has 0 spiro atoms. The van der Waals surface area contributed by atoms with Crippen LogP contribution >= 0.6 is 0 Å². The first-order valence-corrected chi connectivity index (χ1v) is 7.60. The minimum atomic E-state index is -0.155. The molecular weight excluding hydrogens is 266 g/mol. The van der Waals surface area contributed by atoms with Gasteiger partial charge in [0.05, 0.1) is 18.2 Å². The largest absolute Gasteiger partial charge is 0.398 e. The molecule has 3 unspecified atom stereocenters. The summed E-state index contributed by atoms with van der Waals surface area (Å²) in [5.74, 6) is 0.0185. The third-order valence-corrected chi connectivity index (χ3v) is 4.63. The Hall–Kier alpha value is -1.59. The molecule has 3 N–H and O–H groups in total. The molecule has 5 heteroatoms. The van der Waals surface area contributed by atoms with Gasteiger partial charge in [-0.2, -0.15) is 0 Å². The highest BCUT2D eigenvalue weighted by atomic mass is 16.5. The molecular formula is C16H23N3O2. The molecule has 2 fully saturated rings. The number of benzene rings is 1. The molecule has 2 aliphatic heterocycles. The molecule has 2 aliphatic rings. The number of hydrogen-bond donors (Lipinski definition) is 2. The van der Waals surface area contributed by atoms with Gasteiger partial charge in [-0.15, -0.1) is 0 Å². The molecule has 0 aromatic heterocycles. The van der Waals surface area contributed by atoms with E-state index in [0.717, 1.165) is 37.2 Å². The number of rotatable bonds is 3. The van der Waals surface area contributed by atoms with Crippen molar-refractivity contribution in [2.24, 2.45) is 0 Å². The molecule has 1 aromatic rings. The van der Waals surface area contributed by atoms with E-state index in [4.69, 9.17) is 10.5 Å². The van der Waals surface area contributed by atoms with Crippen molar-refractivity contribution in [3.8, 4) is 0 Å². The van der Waals surface area contributed by atoms with Gasteiger partial charge < -0.3 is 15.8 Å². The van der Waals surface area contributed by atoms with E-state index in [1.165, 1.54) is 0 Å². The van der Waals surface area contributed by atoms with Crippen LogP contribution in [0.2, 0.25) is 0 Å². The summed E-state index contributed by atoms with van der Waals surface area (Å²) in [5.41, 5.74) is 8.29. The lowest BCUT2D eigenvalue weighted by Crippen LogP contribution is -2.51. The number of likely N-dealkylation sites (tertiary alicyclic amines) is 1. The summed E-state index contributed by atoms with van der Waals surface area (Å²) in [4.78, 5) is 14.7. The lowest BCUT2D eigenvalue weighted by atomic mass is 10.1. The summed E-state index contributed by atoms with van der Waals surface area (Å²) in [7, 11) is 0. The van der Waals surface area contributed by atoms with Crippen molar-refractivity contribution in [2.75, 3.05) is 24.1 Å². The Bertz CT molecular complexity index is 534. The van der Waals surface area contributed by atoms with Gasteiger partial charge in [0, 0.05) is 24.5 Å². The van der Waals surface area contributed by atoms with E-state index in [1.54, 1.807) is 0 Å². The Morgan fingerprint density at radius 3 is 2.71 bits per heavy atom. The van der Waals surface area contributed by atoms with Gasteiger partial charge in [0.25, 0.3) is 0 Å². The van der Waals surface area contributed by atoms with Crippen LogP contribution in [-0.4, -0.2) is 42.1 Å². The molecule has 3 rings (SSSR count). The standard InChI is InChI=1S/C16H23N3O2/c1-10-14(17)4-3-5-15(10)18-16(20)11(2)19-8-12-6-7-13(9-19)21-12/h3-5,11-13H,6-9,17H2,1-2H3,(H,18,20). The lowest BCUT2D eigenvalue weighted by molar-refractivity contribution is -0.124. The van der Waals surface area contributed by atoms with Gasteiger partial charge in [-0.3, -0.25) is 9.69 Å². The average Bonchev–Trinajstić information content (AvgIpc) is 2.81. The van der Waals surface area contributed by atoms with Crippen molar-refractivity contribution in [3.63, 3.8) is 0 Å². The van der Waals surface area contributed by atoms with Gasteiger partial charge in [-0.1, -0.05) is 6.07 Å². The van der Waals surface area contributed by atoms with Crippen LogP contribution in [0.15, 0.2) is 18.2 Å². The number of amides is 1. The number of carbonyl (C=O) groups is 1. The number of nitrogens with zero attached hydrogens (tertiary/aromatic N) is 1. The maximum atomic E-state index is 12.5. The number of morpholine rings is 1. The molecule has 1 aromatic carbocycles. The fourth-order valence-corrected chi connectivity index (χ4v) is 3.15. The number of anilines is 2. The lowest BCUT2D eigenvalue weighted by Gasteiger charge is -2.35. The first-order valence-electron chi connectivity index (χ1n) is 7.60. The van der Waals surface area contributed by atoms with Crippen molar-refractivity contribution >= 4 is 17.3 Å². The van der Waals surface area contributed by atoms with E-state index >= 15 is 0 Å². The summed E-state index contributed by atoms with van der Waals surface area (Å²) in [6.45, 7) is 5.58. The summed E-state index contributed by atoms with van der Waals surface area (Å²) < 4.78 is 5.82. The highest BCUT2D eigenvalue weighted by Gasteiger charge is 2.37. The molecule has 0 saturated carbocycles. The Balaban J connectivity index is 1.66. The van der Waals surface area contributed by atoms with Crippen LogP contribution in [0.1, 0.15) is 25.3 Å². The Labute approximate surface area is 125 Å². The van der Waals surface area contributed by atoms with Crippen LogP contribution in [-0.2, 0) is 9.53 Å². The second kappa shape index (κ2) is 5.66. The highest BCUT2D eigenvalue weighted by molar-refractivity contribution is 5.95. The van der Waals surface area contributed by atoms with Gasteiger partial charge in [-0.05, 0) is 44.4 Å². The SMILES string of the molecule is Cc1c(N)cccc1NC(=O)C(C)N1CC2CCC(C1)O2. The number of nitrogen functional groups attached to an aromatic ring is 1. The number of nitrogens with one attached hydrogen (secondary N) is 1. The van der Waals surface area contributed by atoms with Crippen molar-refractivity contribution in [2.45, 2.75) is 44.9 Å². The van der Waals surface area contributed by atoms with Crippen molar-refractivity contribution in [1.29, 1.82) is 0 Å². The van der Waals surface area contributed by atoms with Crippen LogP contribution < -0.4 is 11.1 Å². The van der Waals surface area contributed by atoms with Crippen LogP contribution in [0.4, 0.5) is 11.4 Å². The minimum absolute atomic E-state index is 0.0185. The Kier molecular flexibility index (Phi) is 3.87. The van der Waals surface area contributed by atoms with E-state index in [-0.39, 0.29) is 11.9 Å². The summed E-state index contributed by atoms with van der Waals surface area (Å²) in [6.07, 6.45) is 2.83. The maximum absolute atomic E-state index is 12.5. The summed E-state index contributed by atoms with van der Waals surface area (Å²) in [6, 6.07) is 5.43. The van der Waals surface area contributed by atoms with Crippen LogP contribution in [0.3, 0.4) is 0 Å². The second-order valence-corrected chi connectivity index (χ2v) is 6.10. The molecule has 114 valence electrons. The van der Waals surface area contributed by atoms with Gasteiger partial charge >= 0.3 is 0 Å². The zero-order valence-electron chi connectivity index (χ0n) is 12.6. The van der Waals surface area contributed by atoms with Crippen molar-refractivity contribution < 1.29 is 9.53 Å². The Morgan fingerprint density at radius 2 is 2.05 bits per heavy atom. The summed E-state index contributed by atoms with van der Waals surface area (Å²) in [5, 5.41) is 3.00. The van der Waals surface area contributed by atoms with Gasteiger partial charge in [0.15, 0.2) is 0 Å². The Morgan fingerprint density at radius 1 is 1.38 bits per heavy atom. The highest BCUT2D eigenvalue weighted by Crippen LogP contribution is 2.28. The van der Waals surface area contributed by atoms with E-state index in [1.807, 2.05) is 32.0 Å². The summed E-state index contributed by atoms with van der Waals surface area (Å²) >= 11 is 0. The minimum Gasteiger partial charge on any atom is -0.398 e. The van der Waals surface area contributed by atoms with Crippen LogP contribution in [0.5, 0.6) is 0 Å². The number of ether oxygens (including phenoxy) is 1. The molecule has 2 heterocycles. The molecule has 0 radical (unpaired) electrons. The van der Waals surface area contributed by atoms with Crippen molar-refractivity contribution in [1.82, 2.24) is 4.90 Å². The van der Waals surface area contributed by atoms with Crippen LogP contribution in [0.25, 0.3) is 0 Å². The quantitative estimate of drug-likeness (QED) is 0.832. The topological polar surface area (TPSA) is 67.6 Å². The first-order chi connectivity index (χ1) is 10.0. The maximum Gasteiger partial charge on any atom is 0.241 e. The van der Waals surface area contributed by atoms with Gasteiger partial charge in [-0.25, -0.2) is 0 Å². The molecule has 0 aliphatic carbocycles. The fraction of sp³-hybridized carbons (Fsp3) is 0.562. The zero-order chi connectivity index (χ0) is 15.0. The molecule has 1 amide bonds. The molecule has 21 heavy (non-hydrogen) atoms. The number of fused-ring (bicyclic) bond motifs is 2. The number of carbonyl (C=O) groups excluding carboxylic acids is 1.